The highest BCUT2D eigenvalue weighted by Crippen LogP contribution is 2.35. The molecule has 2 amide bonds. The van der Waals surface area contributed by atoms with Crippen LogP contribution in [-0.4, -0.2) is 29.1 Å². The number of ether oxygens (including phenoxy) is 2. The molecule has 0 saturated heterocycles. The number of benzene rings is 2. The van der Waals surface area contributed by atoms with Crippen molar-refractivity contribution in [2.75, 3.05) is 10.6 Å². The van der Waals surface area contributed by atoms with Crippen molar-refractivity contribution in [1.82, 2.24) is 5.32 Å². The van der Waals surface area contributed by atoms with Gasteiger partial charge in [-0.2, -0.15) is 0 Å². The van der Waals surface area contributed by atoms with Gasteiger partial charge in [-0.3, -0.25) is 10.6 Å². The van der Waals surface area contributed by atoms with Crippen LogP contribution >= 0.6 is 0 Å². The number of allylic oxidation sites excluding steroid dienone is 4. The Kier molecular flexibility index (Phi) is 8.69. The van der Waals surface area contributed by atoms with Crippen molar-refractivity contribution in [2.24, 2.45) is 4.99 Å². The normalized spacial score (nSPS) is 14.8. The van der Waals surface area contributed by atoms with Gasteiger partial charge in [0.25, 0.3) is 0 Å². The number of nitrogens with one attached hydrogen (secondary N) is 3. The molecule has 0 fully saturated rings. The smallest absolute Gasteiger partial charge is 0.412 e. The van der Waals surface area contributed by atoms with Crippen molar-refractivity contribution in [3.05, 3.63) is 83.6 Å². The maximum absolute atomic E-state index is 12.5. The molecule has 0 aliphatic heterocycles. The molecule has 3 rings (SSSR count). The Morgan fingerprint density at radius 2 is 1.41 bits per heavy atom. The summed E-state index contributed by atoms with van der Waals surface area (Å²) in [5.74, 6) is 0. The lowest BCUT2D eigenvalue weighted by Crippen LogP contribution is -2.33. The Bertz CT molecular complexity index is 1360. The summed E-state index contributed by atoms with van der Waals surface area (Å²) >= 11 is 0. The predicted molar refractivity (Wildman–Crippen MR) is 158 cm³/mol. The first kappa shape index (κ1) is 29.2. The van der Waals surface area contributed by atoms with Gasteiger partial charge in [-0.15, -0.1) is 0 Å². The Balaban J connectivity index is 1.95. The molecular weight excluding hydrogens is 492 g/mol. The second-order valence-corrected chi connectivity index (χ2v) is 11.3. The maximum Gasteiger partial charge on any atom is 0.412 e. The molecular formula is C31H38N4O4. The zero-order chi connectivity index (χ0) is 29.0. The monoisotopic (exact) mass is 530 g/mol. The number of carbonyl (C=O) groups is 2. The Hall–Kier alpha value is -4.33. The molecule has 0 spiro atoms. The number of aliphatic imine (C=N–C) groups is 1. The minimum absolute atomic E-state index is 0.535. The summed E-state index contributed by atoms with van der Waals surface area (Å²) in [5.41, 5.74) is 5.08. The molecule has 0 atom stereocenters. The third-order valence-corrected chi connectivity index (χ3v) is 5.33. The Labute approximate surface area is 230 Å². The third kappa shape index (κ3) is 8.88. The number of alkyl carbamates (subject to hydrolysis) is 1. The maximum atomic E-state index is 12.5. The van der Waals surface area contributed by atoms with Crippen molar-refractivity contribution in [3.8, 4) is 0 Å². The highest BCUT2D eigenvalue weighted by atomic mass is 16.6. The molecule has 3 N–H and O–H groups in total. The molecule has 2 aromatic rings. The average molecular weight is 531 g/mol. The van der Waals surface area contributed by atoms with Crippen molar-refractivity contribution in [2.45, 2.75) is 66.6 Å². The van der Waals surface area contributed by atoms with Crippen LogP contribution in [0.5, 0.6) is 0 Å². The highest BCUT2D eigenvalue weighted by molar-refractivity contribution is 6.13. The summed E-state index contributed by atoms with van der Waals surface area (Å²) in [5, 5.41) is 9.02. The number of para-hydroxylation sites is 1. The zero-order valence-corrected chi connectivity index (χ0v) is 24.0. The fourth-order valence-electron chi connectivity index (χ4n) is 3.63. The van der Waals surface area contributed by atoms with Gasteiger partial charge in [0, 0.05) is 17.1 Å². The van der Waals surface area contributed by atoms with Crippen molar-refractivity contribution >= 4 is 40.6 Å². The Morgan fingerprint density at radius 3 is 2.00 bits per heavy atom. The minimum atomic E-state index is -0.620. The van der Waals surface area contributed by atoms with Gasteiger partial charge < -0.3 is 14.8 Å². The van der Waals surface area contributed by atoms with Gasteiger partial charge in [0.15, 0.2) is 0 Å². The number of rotatable bonds is 5. The van der Waals surface area contributed by atoms with Gasteiger partial charge >= 0.3 is 12.2 Å². The number of hydrogen-bond donors (Lipinski definition) is 3. The molecule has 1 aliphatic rings. The topological polar surface area (TPSA) is 101 Å². The summed E-state index contributed by atoms with van der Waals surface area (Å²) in [7, 11) is 0. The van der Waals surface area contributed by atoms with E-state index < -0.39 is 23.4 Å². The van der Waals surface area contributed by atoms with Gasteiger partial charge in [-0.25, -0.2) is 14.6 Å². The number of nitrogens with zero attached hydrogens (tertiary/aromatic N) is 1. The van der Waals surface area contributed by atoms with E-state index in [2.05, 4.69) is 22.5 Å². The predicted octanol–water partition coefficient (Wildman–Crippen LogP) is 8.08. The Morgan fingerprint density at radius 1 is 0.821 bits per heavy atom. The van der Waals surface area contributed by atoms with Gasteiger partial charge in [0.1, 0.15) is 11.2 Å². The molecule has 2 aromatic carbocycles. The van der Waals surface area contributed by atoms with Crippen LogP contribution in [-0.2, 0) is 9.47 Å². The van der Waals surface area contributed by atoms with Crippen LogP contribution in [0.25, 0.3) is 0 Å². The van der Waals surface area contributed by atoms with Crippen molar-refractivity contribution in [3.63, 3.8) is 0 Å². The molecule has 0 heterocycles. The SMILES string of the molecule is C=C1C=C(NC(=O)OC(C)(C)C)C(C)=CC1=Nc1cc(C)c(NC(=O)OC(C)(C)C)cc1Nc1ccccc1. The lowest BCUT2D eigenvalue weighted by molar-refractivity contribution is 0.0545. The summed E-state index contributed by atoms with van der Waals surface area (Å²) < 4.78 is 10.8. The second kappa shape index (κ2) is 11.6. The van der Waals surface area contributed by atoms with Gasteiger partial charge in [0.2, 0.25) is 0 Å². The van der Waals surface area contributed by atoms with Crippen LogP contribution in [0.3, 0.4) is 0 Å². The summed E-state index contributed by atoms with van der Waals surface area (Å²) in [6, 6.07) is 13.4. The number of carbonyl (C=O) groups excluding carboxylic acids is 2. The van der Waals surface area contributed by atoms with E-state index in [4.69, 9.17) is 14.5 Å². The standard InChI is InChI=1S/C31H38N4O4/c1-19-16-24(34-28(36)38-30(4,5)6)20(2)15-23(19)33-26-17-21(3)25(35-29(37)39-31(7,8)9)18-27(26)32-22-13-11-10-12-14-22/h10-18,32H,1H2,2-9H3,(H,34,36)(H,35,37). The molecule has 206 valence electrons. The first-order chi connectivity index (χ1) is 18.1. The number of aryl methyl sites for hydroxylation is 1. The van der Waals surface area contributed by atoms with Gasteiger partial charge in [-0.1, -0.05) is 24.8 Å². The number of anilines is 3. The third-order valence-electron chi connectivity index (χ3n) is 5.33. The van der Waals surface area contributed by atoms with E-state index in [1.54, 1.807) is 6.08 Å². The van der Waals surface area contributed by atoms with Crippen LogP contribution < -0.4 is 16.0 Å². The summed E-state index contributed by atoms with van der Waals surface area (Å²) in [4.78, 5) is 29.7. The molecule has 0 radical (unpaired) electrons. The second-order valence-electron chi connectivity index (χ2n) is 11.3. The lowest BCUT2D eigenvalue weighted by atomic mass is 9.99. The molecule has 0 unspecified atom stereocenters. The van der Waals surface area contributed by atoms with Crippen LogP contribution in [0.4, 0.5) is 32.3 Å². The highest BCUT2D eigenvalue weighted by Gasteiger charge is 2.21. The van der Waals surface area contributed by atoms with E-state index in [0.717, 1.165) is 16.8 Å². The molecule has 1 aliphatic carbocycles. The van der Waals surface area contributed by atoms with Gasteiger partial charge in [-0.05, 0) is 109 Å². The summed E-state index contributed by atoms with van der Waals surface area (Å²) in [6.07, 6.45) is 2.56. The quantitative estimate of drug-likeness (QED) is 0.363. The van der Waals surface area contributed by atoms with Crippen LogP contribution in [0.1, 0.15) is 54.0 Å². The van der Waals surface area contributed by atoms with Crippen LogP contribution in [0.15, 0.2) is 83.0 Å². The van der Waals surface area contributed by atoms with Crippen LogP contribution in [0.2, 0.25) is 0 Å². The number of amides is 2. The van der Waals surface area contributed by atoms with E-state index in [9.17, 15) is 9.59 Å². The fraction of sp³-hybridized carbons (Fsp3) is 0.323. The number of hydrogen-bond acceptors (Lipinski definition) is 6. The molecule has 8 heteroatoms. The van der Waals surface area contributed by atoms with E-state index in [1.165, 1.54) is 0 Å². The first-order valence-corrected chi connectivity index (χ1v) is 12.7. The lowest BCUT2D eigenvalue weighted by Gasteiger charge is -2.22. The van der Waals surface area contributed by atoms with E-state index >= 15 is 0 Å². The van der Waals surface area contributed by atoms with Crippen molar-refractivity contribution < 1.29 is 19.1 Å². The minimum Gasteiger partial charge on any atom is -0.444 e. The summed E-state index contributed by atoms with van der Waals surface area (Å²) in [6.45, 7) is 18.8. The molecule has 0 saturated carbocycles. The largest absolute Gasteiger partial charge is 0.444 e. The zero-order valence-electron chi connectivity index (χ0n) is 24.0. The van der Waals surface area contributed by atoms with Gasteiger partial charge in [0.05, 0.1) is 17.1 Å². The fourth-order valence-corrected chi connectivity index (χ4v) is 3.63. The van der Waals surface area contributed by atoms with Crippen LogP contribution in [0, 0.1) is 6.92 Å². The molecule has 0 aromatic heterocycles. The van der Waals surface area contributed by atoms with E-state index in [-0.39, 0.29) is 0 Å². The molecule has 0 bridgehead atoms. The van der Waals surface area contributed by atoms with Crippen molar-refractivity contribution in [1.29, 1.82) is 0 Å². The average Bonchev–Trinajstić information content (AvgIpc) is 2.78. The van der Waals surface area contributed by atoms with E-state index in [1.807, 2.05) is 104 Å². The molecule has 8 nitrogen and oxygen atoms in total. The van der Waals surface area contributed by atoms with E-state index in [0.29, 0.717) is 34.0 Å². The molecule has 39 heavy (non-hydrogen) atoms. The first-order valence-electron chi connectivity index (χ1n) is 12.7.